The molecule has 0 atom stereocenters. The number of aromatic nitrogens is 1. The van der Waals surface area contributed by atoms with Crippen molar-refractivity contribution in [2.24, 2.45) is 0 Å². The van der Waals surface area contributed by atoms with Crippen LogP contribution < -0.4 is 5.32 Å². The summed E-state index contributed by atoms with van der Waals surface area (Å²) >= 11 is 0. The third-order valence-corrected chi connectivity index (χ3v) is 3.42. The maximum atomic E-state index is 12.5. The Kier molecular flexibility index (Phi) is 2.95. The van der Waals surface area contributed by atoms with Crippen molar-refractivity contribution in [1.29, 1.82) is 0 Å². The average molecular weight is 257 g/mol. The van der Waals surface area contributed by atoms with Crippen LogP contribution in [-0.2, 0) is 4.79 Å². The van der Waals surface area contributed by atoms with Crippen LogP contribution in [0.1, 0.15) is 16.8 Å². The van der Waals surface area contributed by atoms with Crippen LogP contribution in [-0.4, -0.2) is 41.3 Å². The quantitative estimate of drug-likeness (QED) is 0.804. The molecule has 2 heterocycles. The zero-order valence-corrected chi connectivity index (χ0v) is 10.5. The van der Waals surface area contributed by atoms with E-state index >= 15 is 0 Å². The number of hydrogen-bond donors (Lipinski definition) is 2. The Morgan fingerprint density at radius 1 is 1.21 bits per heavy atom. The van der Waals surface area contributed by atoms with Crippen molar-refractivity contribution in [2.75, 3.05) is 19.6 Å². The lowest BCUT2D eigenvalue weighted by Crippen LogP contribution is -2.34. The molecule has 1 aromatic heterocycles. The van der Waals surface area contributed by atoms with E-state index in [-0.39, 0.29) is 11.8 Å². The number of H-pyrrole nitrogens is 1. The van der Waals surface area contributed by atoms with Gasteiger partial charge in [0.15, 0.2) is 0 Å². The summed E-state index contributed by atoms with van der Waals surface area (Å²) in [6.45, 7) is 1.55. The van der Waals surface area contributed by atoms with E-state index in [1.54, 1.807) is 4.90 Å². The molecule has 2 amide bonds. The lowest BCUT2D eigenvalue weighted by Gasteiger charge is -2.19. The topological polar surface area (TPSA) is 65.2 Å². The summed E-state index contributed by atoms with van der Waals surface area (Å²) in [6, 6.07) is 7.61. The molecule has 19 heavy (non-hydrogen) atoms. The Morgan fingerprint density at radius 2 is 2.11 bits per heavy atom. The Labute approximate surface area is 110 Å². The molecular weight excluding hydrogens is 242 g/mol. The Morgan fingerprint density at radius 3 is 3.00 bits per heavy atom. The predicted octanol–water partition coefficient (Wildman–Crippen LogP) is 1.13. The molecule has 1 aliphatic rings. The first kappa shape index (κ1) is 11.8. The molecule has 0 bridgehead atoms. The summed E-state index contributed by atoms with van der Waals surface area (Å²) in [4.78, 5) is 28.7. The normalized spacial score (nSPS) is 16.2. The van der Waals surface area contributed by atoms with E-state index in [9.17, 15) is 9.59 Å². The summed E-state index contributed by atoms with van der Waals surface area (Å²) in [5.41, 5.74) is 1.52. The van der Waals surface area contributed by atoms with Gasteiger partial charge >= 0.3 is 0 Å². The minimum absolute atomic E-state index is 0.00776. The third kappa shape index (κ3) is 2.19. The average Bonchev–Trinajstić information content (AvgIpc) is 2.80. The standard InChI is InChI=1S/C14H15N3O2/c18-12-5-8-17(9-7-15-12)14(19)11-3-1-2-10-4-6-16-13(10)11/h1-4,6,16H,5,7-9H2,(H,15,18). The van der Waals surface area contributed by atoms with Crippen LogP contribution in [0.4, 0.5) is 0 Å². The van der Waals surface area contributed by atoms with Crippen molar-refractivity contribution >= 4 is 22.7 Å². The smallest absolute Gasteiger partial charge is 0.256 e. The molecule has 5 heteroatoms. The highest BCUT2D eigenvalue weighted by molar-refractivity contribution is 6.05. The molecule has 1 saturated heterocycles. The van der Waals surface area contributed by atoms with Gasteiger partial charge in [0.2, 0.25) is 5.91 Å². The van der Waals surface area contributed by atoms with Gasteiger partial charge in [-0.25, -0.2) is 0 Å². The van der Waals surface area contributed by atoms with E-state index in [0.717, 1.165) is 10.9 Å². The molecule has 98 valence electrons. The van der Waals surface area contributed by atoms with Crippen LogP contribution in [0, 0.1) is 0 Å². The molecule has 5 nitrogen and oxygen atoms in total. The number of amides is 2. The molecule has 0 unspecified atom stereocenters. The van der Waals surface area contributed by atoms with Crippen LogP contribution in [0.25, 0.3) is 10.9 Å². The van der Waals surface area contributed by atoms with Crippen LogP contribution in [0.15, 0.2) is 30.5 Å². The number of fused-ring (bicyclic) bond motifs is 1. The van der Waals surface area contributed by atoms with Gasteiger partial charge < -0.3 is 15.2 Å². The van der Waals surface area contributed by atoms with Crippen LogP contribution >= 0.6 is 0 Å². The Balaban J connectivity index is 1.91. The van der Waals surface area contributed by atoms with E-state index < -0.39 is 0 Å². The largest absolute Gasteiger partial charge is 0.361 e. The predicted molar refractivity (Wildman–Crippen MR) is 71.8 cm³/mol. The van der Waals surface area contributed by atoms with Crippen molar-refractivity contribution < 1.29 is 9.59 Å². The molecule has 2 N–H and O–H groups in total. The molecule has 1 fully saturated rings. The minimum atomic E-state index is -0.0236. The van der Waals surface area contributed by atoms with E-state index in [2.05, 4.69) is 10.3 Å². The van der Waals surface area contributed by atoms with Gasteiger partial charge in [0.25, 0.3) is 5.91 Å². The number of carbonyl (C=O) groups excluding carboxylic acids is 2. The summed E-state index contributed by atoms with van der Waals surface area (Å²) in [5, 5.41) is 3.80. The van der Waals surface area contributed by atoms with Crippen molar-refractivity contribution in [3.05, 3.63) is 36.0 Å². The Bertz CT molecular complexity index is 632. The van der Waals surface area contributed by atoms with Crippen LogP contribution in [0.2, 0.25) is 0 Å². The summed E-state index contributed by atoms with van der Waals surface area (Å²) in [6.07, 6.45) is 2.20. The maximum Gasteiger partial charge on any atom is 0.256 e. The van der Waals surface area contributed by atoms with Crippen molar-refractivity contribution in [3.8, 4) is 0 Å². The van der Waals surface area contributed by atoms with Gasteiger partial charge in [-0.05, 0) is 12.1 Å². The highest BCUT2D eigenvalue weighted by Gasteiger charge is 2.21. The molecule has 1 aromatic carbocycles. The van der Waals surface area contributed by atoms with Crippen molar-refractivity contribution in [1.82, 2.24) is 15.2 Å². The minimum Gasteiger partial charge on any atom is -0.361 e. The number of para-hydroxylation sites is 1. The lowest BCUT2D eigenvalue weighted by atomic mass is 10.1. The SMILES string of the molecule is O=C1CCN(C(=O)c2cccc3cc[nH]c23)CCN1. The zero-order valence-electron chi connectivity index (χ0n) is 10.5. The second-order valence-corrected chi connectivity index (χ2v) is 4.64. The van der Waals surface area contributed by atoms with E-state index in [0.29, 0.717) is 31.6 Å². The molecular formula is C14H15N3O2. The highest BCUT2D eigenvalue weighted by Crippen LogP contribution is 2.19. The summed E-state index contributed by atoms with van der Waals surface area (Å²) in [5.74, 6) is -0.0158. The van der Waals surface area contributed by atoms with E-state index in [1.165, 1.54) is 0 Å². The fourth-order valence-corrected chi connectivity index (χ4v) is 2.40. The second kappa shape index (κ2) is 4.76. The Hall–Kier alpha value is -2.30. The van der Waals surface area contributed by atoms with E-state index in [1.807, 2.05) is 30.5 Å². The molecule has 3 rings (SSSR count). The molecule has 0 radical (unpaired) electrons. The zero-order chi connectivity index (χ0) is 13.2. The van der Waals surface area contributed by atoms with Crippen LogP contribution in [0.5, 0.6) is 0 Å². The highest BCUT2D eigenvalue weighted by atomic mass is 16.2. The summed E-state index contributed by atoms with van der Waals surface area (Å²) < 4.78 is 0. The van der Waals surface area contributed by atoms with Gasteiger partial charge in [-0.1, -0.05) is 12.1 Å². The van der Waals surface area contributed by atoms with Crippen LogP contribution in [0.3, 0.4) is 0 Å². The van der Waals surface area contributed by atoms with Gasteiger partial charge in [0.1, 0.15) is 0 Å². The van der Waals surface area contributed by atoms with Crippen molar-refractivity contribution in [3.63, 3.8) is 0 Å². The maximum absolute atomic E-state index is 12.5. The fourth-order valence-electron chi connectivity index (χ4n) is 2.40. The van der Waals surface area contributed by atoms with Gasteiger partial charge in [-0.2, -0.15) is 0 Å². The number of carbonyl (C=O) groups is 2. The fraction of sp³-hybridized carbons (Fsp3) is 0.286. The van der Waals surface area contributed by atoms with Gasteiger partial charge in [0.05, 0.1) is 11.1 Å². The first-order valence-electron chi connectivity index (χ1n) is 6.38. The number of nitrogens with one attached hydrogen (secondary N) is 2. The van der Waals surface area contributed by atoms with E-state index in [4.69, 9.17) is 0 Å². The third-order valence-electron chi connectivity index (χ3n) is 3.42. The summed E-state index contributed by atoms with van der Waals surface area (Å²) in [7, 11) is 0. The number of hydrogen-bond acceptors (Lipinski definition) is 2. The number of benzene rings is 1. The monoisotopic (exact) mass is 257 g/mol. The lowest BCUT2D eigenvalue weighted by molar-refractivity contribution is -0.120. The molecule has 0 saturated carbocycles. The molecule has 1 aliphatic heterocycles. The first-order valence-corrected chi connectivity index (χ1v) is 6.38. The molecule has 0 aliphatic carbocycles. The van der Waals surface area contributed by atoms with Gasteiger partial charge in [-0.3, -0.25) is 9.59 Å². The molecule has 2 aromatic rings. The number of aromatic amines is 1. The molecule has 0 spiro atoms. The second-order valence-electron chi connectivity index (χ2n) is 4.64. The first-order chi connectivity index (χ1) is 9.25. The number of nitrogens with zero attached hydrogens (tertiary/aromatic N) is 1. The van der Waals surface area contributed by atoms with Gasteiger partial charge in [-0.15, -0.1) is 0 Å². The van der Waals surface area contributed by atoms with Crippen molar-refractivity contribution in [2.45, 2.75) is 6.42 Å². The number of rotatable bonds is 1. The van der Waals surface area contributed by atoms with Gasteiger partial charge in [0, 0.05) is 37.6 Å².